The van der Waals surface area contributed by atoms with Gasteiger partial charge in [-0.3, -0.25) is 4.90 Å². The Kier molecular flexibility index (Phi) is 8.83. The molecule has 4 aromatic rings. The third-order valence-corrected chi connectivity index (χ3v) is 6.36. The van der Waals surface area contributed by atoms with Gasteiger partial charge in [0.1, 0.15) is 18.0 Å². The van der Waals surface area contributed by atoms with E-state index in [0.29, 0.717) is 21.4 Å². The molecule has 0 amide bonds. The van der Waals surface area contributed by atoms with Gasteiger partial charge in [0.25, 0.3) is 0 Å². The summed E-state index contributed by atoms with van der Waals surface area (Å²) in [4.78, 5) is 6.32. The largest absolute Gasteiger partial charge is 0.490 e. The Labute approximate surface area is 222 Å². The third kappa shape index (κ3) is 7.21. The Bertz CT molecular complexity index is 1260. The minimum absolute atomic E-state index is 0.00595. The van der Waals surface area contributed by atoms with Gasteiger partial charge in [-0.15, -0.1) is 0 Å². The van der Waals surface area contributed by atoms with Crippen LogP contribution in [0.3, 0.4) is 0 Å². The van der Waals surface area contributed by atoms with E-state index in [1.807, 2.05) is 30.3 Å². The molecule has 0 fully saturated rings. The van der Waals surface area contributed by atoms with Crippen molar-refractivity contribution in [2.75, 3.05) is 20.2 Å². The van der Waals surface area contributed by atoms with Crippen LogP contribution in [0.25, 0.3) is 6.08 Å². The monoisotopic (exact) mass is 521 g/mol. The molecule has 0 spiro atoms. The van der Waals surface area contributed by atoms with Gasteiger partial charge in [0.15, 0.2) is 0 Å². The number of halogens is 2. The zero-order chi connectivity index (χ0) is 25.4. The smallest absolute Gasteiger partial charge is 0.143 e. The molecule has 0 bridgehead atoms. The zero-order valence-corrected chi connectivity index (χ0v) is 21.6. The van der Waals surface area contributed by atoms with Gasteiger partial charge in [0.05, 0.1) is 12.9 Å². The molecule has 1 aromatic heterocycles. The molecule has 3 aromatic carbocycles. The van der Waals surface area contributed by atoms with Crippen molar-refractivity contribution in [2.24, 2.45) is 0 Å². The highest BCUT2D eigenvalue weighted by atomic mass is 35.5. The van der Waals surface area contributed by atoms with E-state index < -0.39 is 5.60 Å². The topological polar surface area (TPSA) is 50.5 Å². The summed E-state index contributed by atoms with van der Waals surface area (Å²) in [5, 5.41) is 12.5. The molecule has 7 heteroatoms. The van der Waals surface area contributed by atoms with E-state index in [1.165, 1.54) is 5.56 Å². The van der Waals surface area contributed by atoms with Crippen LogP contribution in [0.1, 0.15) is 16.7 Å². The van der Waals surface area contributed by atoms with Crippen molar-refractivity contribution in [3.63, 3.8) is 0 Å². The predicted molar refractivity (Wildman–Crippen MR) is 146 cm³/mol. The maximum atomic E-state index is 11.6. The fourth-order valence-electron chi connectivity index (χ4n) is 3.96. The van der Waals surface area contributed by atoms with E-state index in [2.05, 4.69) is 53.3 Å². The predicted octanol–water partition coefficient (Wildman–Crippen LogP) is 6.30. The second-order valence-electron chi connectivity index (χ2n) is 8.83. The van der Waals surface area contributed by atoms with Crippen LogP contribution in [-0.2, 0) is 18.7 Å². The number of aliphatic hydroxyl groups is 1. The maximum Gasteiger partial charge on any atom is 0.143 e. The van der Waals surface area contributed by atoms with Gasteiger partial charge in [-0.05, 0) is 42.4 Å². The summed E-state index contributed by atoms with van der Waals surface area (Å²) in [6.07, 6.45) is 9.33. The minimum Gasteiger partial charge on any atom is -0.490 e. The molecule has 186 valence electrons. The van der Waals surface area contributed by atoms with Gasteiger partial charge >= 0.3 is 0 Å². The number of hydrogen-bond donors (Lipinski definition) is 1. The zero-order valence-electron chi connectivity index (χ0n) is 20.1. The van der Waals surface area contributed by atoms with E-state index in [1.54, 1.807) is 41.5 Å². The lowest BCUT2D eigenvalue weighted by atomic mass is 9.94. The van der Waals surface area contributed by atoms with Crippen LogP contribution < -0.4 is 4.74 Å². The first-order valence-electron chi connectivity index (χ1n) is 11.7. The molecular formula is C29H29Cl2N3O2. The van der Waals surface area contributed by atoms with E-state index in [4.69, 9.17) is 27.9 Å². The molecular weight excluding hydrogens is 493 g/mol. The molecule has 0 saturated carbocycles. The highest BCUT2D eigenvalue weighted by Gasteiger charge is 2.33. The van der Waals surface area contributed by atoms with Crippen molar-refractivity contribution < 1.29 is 9.84 Å². The summed E-state index contributed by atoms with van der Waals surface area (Å²) in [5.74, 6) is 0.655. The molecule has 4 rings (SSSR count). The Balaban J connectivity index is 1.37. The van der Waals surface area contributed by atoms with Crippen LogP contribution >= 0.6 is 23.2 Å². The molecule has 0 aliphatic heterocycles. The van der Waals surface area contributed by atoms with Gasteiger partial charge < -0.3 is 14.4 Å². The number of ether oxygens (including phenoxy) is 1. The maximum absolute atomic E-state index is 11.6. The van der Waals surface area contributed by atoms with Crippen molar-refractivity contribution in [3.05, 3.63) is 124 Å². The molecule has 5 nitrogen and oxygen atoms in total. The van der Waals surface area contributed by atoms with Gasteiger partial charge in [0.2, 0.25) is 0 Å². The van der Waals surface area contributed by atoms with E-state index in [0.717, 1.165) is 18.7 Å². The molecule has 1 N–H and O–H groups in total. The Morgan fingerprint density at radius 1 is 1.06 bits per heavy atom. The SMILES string of the molecule is CN(C/C=C/c1ccc(OCC(O)(Cn2ccnc2)c2ccc(Cl)cc2Cl)cc1)Cc1ccccc1. The standard InChI is InChI=1S/C29H29Cl2N3O2/c1-33(19-24-6-3-2-4-7-24)16-5-8-23-9-12-26(13-10-23)36-21-29(35,20-34-17-15-32-22-34)27-14-11-25(30)18-28(27)31/h2-15,17-18,22,35H,16,19-21H2,1H3/b8-5+. The van der Waals surface area contributed by atoms with Gasteiger partial charge in [-0.1, -0.05) is 83.9 Å². The lowest BCUT2D eigenvalue weighted by Crippen LogP contribution is -2.38. The minimum atomic E-state index is -1.38. The van der Waals surface area contributed by atoms with Crippen molar-refractivity contribution >= 4 is 29.3 Å². The summed E-state index contributed by atoms with van der Waals surface area (Å²) >= 11 is 12.5. The first-order chi connectivity index (χ1) is 17.4. The molecule has 1 heterocycles. The number of likely N-dealkylation sites (N-methyl/N-ethyl adjacent to an activating group) is 1. The van der Waals surface area contributed by atoms with Gasteiger partial charge in [0, 0.05) is 41.1 Å². The number of nitrogens with zero attached hydrogens (tertiary/aromatic N) is 3. The number of benzene rings is 3. The molecule has 1 atom stereocenters. The average Bonchev–Trinajstić information content (AvgIpc) is 3.37. The van der Waals surface area contributed by atoms with E-state index in [9.17, 15) is 5.11 Å². The second kappa shape index (κ2) is 12.2. The van der Waals surface area contributed by atoms with Gasteiger partial charge in [-0.2, -0.15) is 0 Å². The Morgan fingerprint density at radius 2 is 1.83 bits per heavy atom. The summed E-state index contributed by atoms with van der Waals surface area (Å²) in [6, 6.07) is 23.3. The number of hydrogen-bond acceptors (Lipinski definition) is 4. The van der Waals surface area contributed by atoms with Crippen LogP contribution in [0.5, 0.6) is 5.75 Å². The highest BCUT2D eigenvalue weighted by molar-refractivity contribution is 6.35. The summed E-state index contributed by atoms with van der Waals surface area (Å²) in [5.41, 5.74) is 1.53. The van der Waals surface area contributed by atoms with Gasteiger partial charge in [-0.25, -0.2) is 4.98 Å². The first kappa shape index (κ1) is 26.0. The summed E-state index contributed by atoms with van der Waals surface area (Å²) in [6.45, 7) is 1.98. The number of rotatable bonds is 11. The Morgan fingerprint density at radius 3 is 2.53 bits per heavy atom. The van der Waals surface area contributed by atoms with Crippen molar-refractivity contribution in [1.29, 1.82) is 0 Å². The number of imidazole rings is 1. The van der Waals surface area contributed by atoms with Crippen LogP contribution in [0.4, 0.5) is 0 Å². The van der Waals surface area contributed by atoms with Crippen LogP contribution in [-0.4, -0.2) is 39.8 Å². The molecule has 0 aliphatic carbocycles. The summed E-state index contributed by atoms with van der Waals surface area (Å²) in [7, 11) is 2.10. The summed E-state index contributed by atoms with van der Waals surface area (Å²) < 4.78 is 7.80. The molecule has 1 unspecified atom stereocenters. The van der Waals surface area contributed by atoms with Crippen molar-refractivity contribution in [2.45, 2.75) is 18.7 Å². The van der Waals surface area contributed by atoms with Crippen LogP contribution in [0.2, 0.25) is 10.0 Å². The number of aromatic nitrogens is 2. The molecule has 0 aliphatic rings. The lowest BCUT2D eigenvalue weighted by molar-refractivity contribution is -0.0242. The first-order valence-corrected chi connectivity index (χ1v) is 12.4. The van der Waals surface area contributed by atoms with E-state index >= 15 is 0 Å². The van der Waals surface area contributed by atoms with E-state index in [-0.39, 0.29) is 13.2 Å². The average molecular weight is 522 g/mol. The third-order valence-electron chi connectivity index (χ3n) is 5.82. The molecule has 36 heavy (non-hydrogen) atoms. The van der Waals surface area contributed by atoms with Crippen LogP contribution in [0, 0.1) is 0 Å². The second-order valence-corrected chi connectivity index (χ2v) is 9.68. The highest BCUT2D eigenvalue weighted by Crippen LogP contribution is 2.33. The van der Waals surface area contributed by atoms with Crippen molar-refractivity contribution in [1.82, 2.24) is 14.5 Å². The fourth-order valence-corrected chi connectivity index (χ4v) is 4.55. The lowest BCUT2D eigenvalue weighted by Gasteiger charge is -2.30. The quantitative estimate of drug-likeness (QED) is 0.251. The van der Waals surface area contributed by atoms with Crippen molar-refractivity contribution in [3.8, 4) is 5.75 Å². The molecule has 0 saturated heterocycles. The van der Waals surface area contributed by atoms with Crippen LogP contribution in [0.15, 0.2) is 97.6 Å². The fraction of sp³-hybridized carbons (Fsp3) is 0.207. The molecule has 0 radical (unpaired) electrons. The Hall–Kier alpha value is -3.09. The normalized spacial score (nSPS) is 13.2.